The van der Waals surface area contributed by atoms with Gasteiger partial charge in [-0.15, -0.1) is 0 Å². The van der Waals surface area contributed by atoms with Crippen LogP contribution in [0.3, 0.4) is 0 Å². The fraction of sp³-hybridized carbons (Fsp3) is 0.400. The van der Waals surface area contributed by atoms with Gasteiger partial charge in [-0.3, -0.25) is 9.36 Å². The first-order valence-corrected chi connectivity index (χ1v) is 7.54. The average molecular weight is 429 g/mol. The number of nitrogens with zero attached hydrogens (tertiary/aromatic N) is 4. The van der Waals surface area contributed by atoms with E-state index in [4.69, 9.17) is 0 Å². The molecule has 0 unspecified atom stereocenters. The molecule has 0 bridgehead atoms. The molecular weight excluding hydrogens is 416 g/mol. The summed E-state index contributed by atoms with van der Waals surface area (Å²) in [4.78, 5) is 0. The summed E-state index contributed by atoms with van der Waals surface area (Å²) in [5.74, 6) is 0. The standard InChI is InChI=1S/C5H6Br2N2.C5H7BrN2/c1-9-3-4(7)5(2-6)8-9;1-4-5(6)3-8(2)7-4/h3H,2H2,1H3;3H,1-2H3. The SMILES string of the molecule is Cc1nn(C)cc1Br.Cn1cc(Br)c(CBr)n1. The topological polar surface area (TPSA) is 35.6 Å². The zero-order chi connectivity index (χ0) is 13.0. The Balaban J connectivity index is 0.000000171. The van der Waals surface area contributed by atoms with Gasteiger partial charge in [0, 0.05) is 31.8 Å². The molecule has 0 N–H and O–H groups in total. The van der Waals surface area contributed by atoms with E-state index in [1.807, 2.05) is 33.4 Å². The third-order valence-electron chi connectivity index (χ3n) is 1.93. The van der Waals surface area contributed by atoms with Crippen molar-refractivity contribution in [3.63, 3.8) is 0 Å². The van der Waals surface area contributed by atoms with E-state index in [9.17, 15) is 0 Å². The highest BCUT2D eigenvalue weighted by atomic mass is 79.9. The lowest BCUT2D eigenvalue weighted by Gasteiger charge is -1.83. The number of alkyl halides is 1. The lowest BCUT2D eigenvalue weighted by molar-refractivity contribution is 0.755. The van der Waals surface area contributed by atoms with E-state index in [0.717, 1.165) is 25.7 Å². The Bertz CT molecular complexity index is 470. The zero-order valence-corrected chi connectivity index (χ0v) is 14.5. The monoisotopic (exact) mass is 426 g/mol. The van der Waals surface area contributed by atoms with Crippen LogP contribution in [-0.4, -0.2) is 19.6 Å². The van der Waals surface area contributed by atoms with Crippen LogP contribution in [0.4, 0.5) is 0 Å². The number of halogens is 3. The molecule has 0 saturated carbocycles. The largest absolute Gasteiger partial charge is 0.274 e. The third-order valence-corrected chi connectivity index (χ3v) is 3.91. The molecule has 0 amide bonds. The van der Waals surface area contributed by atoms with E-state index in [2.05, 4.69) is 58.0 Å². The van der Waals surface area contributed by atoms with Gasteiger partial charge in [0.05, 0.1) is 20.3 Å². The Morgan fingerprint density at radius 1 is 1.06 bits per heavy atom. The van der Waals surface area contributed by atoms with Crippen LogP contribution in [0.1, 0.15) is 11.4 Å². The van der Waals surface area contributed by atoms with Crippen molar-refractivity contribution in [2.45, 2.75) is 12.3 Å². The second-order valence-electron chi connectivity index (χ2n) is 3.47. The average Bonchev–Trinajstić information content (AvgIpc) is 2.70. The minimum absolute atomic E-state index is 0.800. The molecule has 0 radical (unpaired) electrons. The summed E-state index contributed by atoms with van der Waals surface area (Å²) in [5.41, 5.74) is 2.07. The third kappa shape index (κ3) is 4.56. The van der Waals surface area contributed by atoms with Gasteiger partial charge in [-0.2, -0.15) is 10.2 Å². The molecular formula is C10H13Br3N4. The van der Waals surface area contributed by atoms with Gasteiger partial charge in [-0.05, 0) is 38.8 Å². The van der Waals surface area contributed by atoms with E-state index in [1.165, 1.54) is 0 Å². The van der Waals surface area contributed by atoms with Gasteiger partial charge in [-0.25, -0.2) is 0 Å². The van der Waals surface area contributed by atoms with Crippen LogP contribution in [-0.2, 0) is 19.4 Å². The first-order chi connectivity index (χ1) is 7.93. The first-order valence-electron chi connectivity index (χ1n) is 4.83. The summed E-state index contributed by atoms with van der Waals surface area (Å²) in [7, 11) is 3.80. The summed E-state index contributed by atoms with van der Waals surface area (Å²) < 4.78 is 5.68. The molecule has 7 heteroatoms. The summed E-state index contributed by atoms with van der Waals surface area (Å²) in [6.07, 6.45) is 3.85. The molecule has 0 atom stereocenters. The van der Waals surface area contributed by atoms with E-state index in [0.29, 0.717) is 0 Å². The van der Waals surface area contributed by atoms with Crippen molar-refractivity contribution in [2.24, 2.45) is 14.1 Å². The predicted octanol–water partition coefficient (Wildman–Crippen LogP) is 3.57. The number of aromatic nitrogens is 4. The molecule has 0 aliphatic heterocycles. The predicted molar refractivity (Wildman–Crippen MR) is 79.2 cm³/mol. The highest BCUT2D eigenvalue weighted by molar-refractivity contribution is 9.11. The summed E-state index contributed by atoms with van der Waals surface area (Å²) >= 11 is 10.0. The van der Waals surface area contributed by atoms with Crippen molar-refractivity contribution in [3.05, 3.63) is 32.7 Å². The van der Waals surface area contributed by atoms with Gasteiger partial charge < -0.3 is 0 Å². The number of aryl methyl sites for hydroxylation is 3. The van der Waals surface area contributed by atoms with E-state index in [1.54, 1.807) is 9.36 Å². The Morgan fingerprint density at radius 3 is 1.76 bits per heavy atom. The normalized spacial score (nSPS) is 10.0. The van der Waals surface area contributed by atoms with E-state index in [-0.39, 0.29) is 0 Å². The van der Waals surface area contributed by atoms with Gasteiger partial charge >= 0.3 is 0 Å². The fourth-order valence-electron chi connectivity index (χ4n) is 1.17. The van der Waals surface area contributed by atoms with Crippen LogP contribution in [0.2, 0.25) is 0 Å². The molecule has 0 saturated heterocycles. The van der Waals surface area contributed by atoms with E-state index < -0.39 is 0 Å². The van der Waals surface area contributed by atoms with Gasteiger partial charge in [0.2, 0.25) is 0 Å². The maximum absolute atomic E-state index is 4.15. The molecule has 94 valence electrons. The minimum Gasteiger partial charge on any atom is -0.274 e. The molecule has 0 aromatic carbocycles. The molecule has 17 heavy (non-hydrogen) atoms. The van der Waals surface area contributed by atoms with Crippen LogP contribution in [0.25, 0.3) is 0 Å². The molecule has 0 aliphatic rings. The molecule has 0 spiro atoms. The van der Waals surface area contributed by atoms with Gasteiger partial charge in [-0.1, -0.05) is 15.9 Å². The van der Waals surface area contributed by atoms with Gasteiger partial charge in [0.1, 0.15) is 0 Å². The van der Waals surface area contributed by atoms with Crippen molar-refractivity contribution in [3.8, 4) is 0 Å². The molecule has 2 heterocycles. The molecule has 2 aromatic rings. The minimum atomic E-state index is 0.800. The summed E-state index contributed by atoms with van der Waals surface area (Å²) in [6.45, 7) is 1.96. The van der Waals surface area contributed by atoms with Crippen molar-refractivity contribution >= 4 is 47.8 Å². The van der Waals surface area contributed by atoms with Crippen LogP contribution in [0.15, 0.2) is 21.3 Å². The Hall–Kier alpha value is -0.140. The maximum atomic E-state index is 4.15. The number of hydrogen-bond donors (Lipinski definition) is 0. The number of hydrogen-bond acceptors (Lipinski definition) is 2. The Kier molecular flexibility index (Phi) is 5.88. The van der Waals surface area contributed by atoms with Crippen LogP contribution >= 0.6 is 47.8 Å². The maximum Gasteiger partial charge on any atom is 0.0871 e. The molecule has 0 aliphatic carbocycles. The van der Waals surface area contributed by atoms with Gasteiger partial charge in [0.15, 0.2) is 0 Å². The quantitative estimate of drug-likeness (QED) is 0.651. The van der Waals surface area contributed by atoms with Gasteiger partial charge in [0.25, 0.3) is 0 Å². The zero-order valence-electron chi connectivity index (χ0n) is 9.78. The summed E-state index contributed by atoms with van der Waals surface area (Å²) in [6, 6.07) is 0. The molecule has 0 fully saturated rings. The smallest absolute Gasteiger partial charge is 0.0871 e. The Morgan fingerprint density at radius 2 is 1.59 bits per heavy atom. The van der Waals surface area contributed by atoms with Crippen molar-refractivity contribution in [1.29, 1.82) is 0 Å². The first kappa shape index (κ1) is 14.9. The lowest BCUT2D eigenvalue weighted by atomic mass is 10.5. The molecule has 4 nitrogen and oxygen atoms in total. The second kappa shape index (κ2) is 6.70. The lowest BCUT2D eigenvalue weighted by Crippen LogP contribution is -1.87. The van der Waals surface area contributed by atoms with Crippen LogP contribution < -0.4 is 0 Å². The second-order valence-corrected chi connectivity index (χ2v) is 5.74. The van der Waals surface area contributed by atoms with Crippen LogP contribution in [0.5, 0.6) is 0 Å². The molecule has 2 aromatic heterocycles. The highest BCUT2D eigenvalue weighted by Gasteiger charge is 2.00. The van der Waals surface area contributed by atoms with Crippen molar-refractivity contribution in [2.75, 3.05) is 0 Å². The van der Waals surface area contributed by atoms with E-state index >= 15 is 0 Å². The van der Waals surface area contributed by atoms with Crippen molar-refractivity contribution < 1.29 is 0 Å². The summed E-state index contributed by atoms with van der Waals surface area (Å²) in [5, 5.41) is 9.03. The molecule has 2 rings (SSSR count). The van der Waals surface area contributed by atoms with Crippen LogP contribution in [0, 0.1) is 6.92 Å². The Labute approximate surface area is 126 Å². The van der Waals surface area contributed by atoms with Crippen molar-refractivity contribution in [1.82, 2.24) is 19.6 Å². The fourth-order valence-corrected chi connectivity index (χ4v) is 2.85. The highest BCUT2D eigenvalue weighted by Crippen LogP contribution is 2.16. The number of rotatable bonds is 1.